The zero-order chi connectivity index (χ0) is 13.4. The van der Waals surface area contributed by atoms with E-state index in [9.17, 15) is 4.79 Å². The van der Waals surface area contributed by atoms with Crippen molar-refractivity contribution >= 4 is 35.7 Å². The van der Waals surface area contributed by atoms with Gasteiger partial charge in [-0.15, -0.1) is 11.3 Å². The van der Waals surface area contributed by atoms with E-state index in [1.807, 2.05) is 10.7 Å². The van der Waals surface area contributed by atoms with Crippen molar-refractivity contribution in [2.75, 3.05) is 11.4 Å². The Morgan fingerprint density at radius 1 is 1.47 bits per heavy atom. The second-order valence-electron chi connectivity index (χ2n) is 4.72. The van der Waals surface area contributed by atoms with Gasteiger partial charge in [-0.2, -0.15) is 17.7 Å². The molecular formula is C13H15N3OS2. The molecule has 0 N–H and O–H groups in total. The molecule has 0 aliphatic carbocycles. The predicted molar refractivity (Wildman–Crippen MR) is 80.1 cm³/mol. The second kappa shape index (κ2) is 5.02. The van der Waals surface area contributed by atoms with Crippen LogP contribution in [0.3, 0.4) is 0 Å². The molecule has 3 heterocycles. The first kappa shape index (κ1) is 12.7. The van der Waals surface area contributed by atoms with Crippen LogP contribution in [0.1, 0.15) is 16.2 Å². The highest BCUT2D eigenvalue weighted by atomic mass is 32.1. The molecule has 1 fully saturated rings. The SMILES string of the molecule is Cc1ccc(Cn2nccc2N2CC(S)CC2=O)s1. The number of aryl methyl sites for hydroxylation is 1. The molecular weight excluding hydrogens is 278 g/mol. The highest BCUT2D eigenvalue weighted by molar-refractivity contribution is 7.81. The number of anilines is 1. The Morgan fingerprint density at radius 2 is 2.32 bits per heavy atom. The van der Waals surface area contributed by atoms with Crippen LogP contribution in [-0.4, -0.2) is 27.5 Å². The molecule has 19 heavy (non-hydrogen) atoms. The molecule has 0 aromatic carbocycles. The molecule has 1 aliphatic rings. The molecule has 0 bridgehead atoms. The first-order valence-electron chi connectivity index (χ1n) is 6.19. The summed E-state index contributed by atoms with van der Waals surface area (Å²) in [5.74, 6) is 0.997. The molecule has 4 nitrogen and oxygen atoms in total. The molecule has 1 aliphatic heterocycles. The van der Waals surface area contributed by atoms with Crippen molar-refractivity contribution in [2.24, 2.45) is 0 Å². The van der Waals surface area contributed by atoms with Gasteiger partial charge in [0, 0.05) is 34.0 Å². The average Bonchev–Trinajstić information content (AvgIpc) is 3.02. The number of thiol groups is 1. The van der Waals surface area contributed by atoms with Crippen molar-refractivity contribution in [3.8, 4) is 0 Å². The van der Waals surface area contributed by atoms with Gasteiger partial charge in [0.25, 0.3) is 0 Å². The third-order valence-corrected chi connectivity index (χ3v) is 4.51. The lowest BCUT2D eigenvalue weighted by Gasteiger charge is -2.17. The minimum Gasteiger partial charge on any atom is -0.296 e. The van der Waals surface area contributed by atoms with Crippen LogP contribution in [-0.2, 0) is 11.3 Å². The number of nitrogens with zero attached hydrogens (tertiary/aromatic N) is 3. The van der Waals surface area contributed by atoms with Gasteiger partial charge in [0.2, 0.25) is 5.91 Å². The van der Waals surface area contributed by atoms with Crippen LogP contribution < -0.4 is 4.90 Å². The average molecular weight is 293 g/mol. The number of aromatic nitrogens is 2. The molecule has 0 saturated carbocycles. The van der Waals surface area contributed by atoms with Gasteiger partial charge in [0.1, 0.15) is 5.82 Å². The summed E-state index contributed by atoms with van der Waals surface area (Å²) in [5.41, 5.74) is 0. The zero-order valence-corrected chi connectivity index (χ0v) is 12.3. The fraction of sp³-hybridized carbons (Fsp3) is 0.385. The van der Waals surface area contributed by atoms with Crippen LogP contribution in [0.25, 0.3) is 0 Å². The number of amides is 1. The van der Waals surface area contributed by atoms with E-state index < -0.39 is 0 Å². The minimum absolute atomic E-state index is 0.125. The summed E-state index contributed by atoms with van der Waals surface area (Å²) in [6, 6.07) is 6.11. The minimum atomic E-state index is 0.125. The smallest absolute Gasteiger partial charge is 0.229 e. The molecule has 1 unspecified atom stereocenters. The first-order valence-corrected chi connectivity index (χ1v) is 7.52. The number of hydrogen-bond acceptors (Lipinski definition) is 4. The highest BCUT2D eigenvalue weighted by Crippen LogP contribution is 2.25. The maximum atomic E-state index is 11.9. The molecule has 100 valence electrons. The van der Waals surface area contributed by atoms with Crippen LogP contribution in [0.4, 0.5) is 5.82 Å². The summed E-state index contributed by atoms with van der Waals surface area (Å²) >= 11 is 6.15. The molecule has 3 rings (SSSR count). The van der Waals surface area contributed by atoms with Crippen LogP contribution in [0, 0.1) is 6.92 Å². The van der Waals surface area contributed by atoms with E-state index in [-0.39, 0.29) is 11.2 Å². The maximum Gasteiger partial charge on any atom is 0.229 e. The summed E-state index contributed by atoms with van der Waals surface area (Å²) in [7, 11) is 0. The van der Waals surface area contributed by atoms with Crippen molar-refractivity contribution in [1.82, 2.24) is 9.78 Å². The van der Waals surface area contributed by atoms with E-state index in [0.29, 0.717) is 19.5 Å². The van der Waals surface area contributed by atoms with Crippen molar-refractivity contribution in [3.05, 3.63) is 34.2 Å². The molecule has 0 spiro atoms. The Kier molecular flexibility index (Phi) is 3.36. The summed E-state index contributed by atoms with van der Waals surface area (Å²) in [6.45, 7) is 3.46. The fourth-order valence-electron chi connectivity index (χ4n) is 2.30. The largest absolute Gasteiger partial charge is 0.296 e. The van der Waals surface area contributed by atoms with Crippen molar-refractivity contribution in [2.45, 2.75) is 25.1 Å². The summed E-state index contributed by atoms with van der Waals surface area (Å²) in [6.07, 6.45) is 2.25. The lowest BCUT2D eigenvalue weighted by molar-refractivity contribution is -0.117. The van der Waals surface area contributed by atoms with E-state index in [1.54, 1.807) is 22.4 Å². The number of rotatable bonds is 3. The topological polar surface area (TPSA) is 38.1 Å². The van der Waals surface area contributed by atoms with Crippen molar-refractivity contribution in [1.29, 1.82) is 0 Å². The van der Waals surface area contributed by atoms with Gasteiger partial charge in [0.15, 0.2) is 0 Å². The van der Waals surface area contributed by atoms with Gasteiger partial charge < -0.3 is 0 Å². The molecule has 0 radical (unpaired) electrons. The lowest BCUT2D eigenvalue weighted by atomic mass is 10.4. The molecule has 6 heteroatoms. The molecule has 2 aromatic rings. The Labute approximate surface area is 121 Å². The Balaban J connectivity index is 1.84. The zero-order valence-electron chi connectivity index (χ0n) is 10.6. The van der Waals surface area contributed by atoms with E-state index in [2.05, 4.69) is 36.8 Å². The van der Waals surface area contributed by atoms with Crippen molar-refractivity contribution < 1.29 is 4.79 Å². The van der Waals surface area contributed by atoms with Crippen LogP contribution in [0.2, 0.25) is 0 Å². The molecule has 2 aromatic heterocycles. The maximum absolute atomic E-state index is 11.9. The summed E-state index contributed by atoms with van der Waals surface area (Å²) in [4.78, 5) is 16.2. The van der Waals surface area contributed by atoms with E-state index in [1.165, 1.54) is 9.75 Å². The standard InChI is InChI=1S/C13H15N3OS2/c1-9-2-3-11(19-9)8-16-12(4-5-14-16)15-7-10(18)6-13(15)17/h2-5,10,18H,6-8H2,1H3. The van der Waals surface area contributed by atoms with Crippen LogP contribution in [0.5, 0.6) is 0 Å². The van der Waals surface area contributed by atoms with E-state index in [4.69, 9.17) is 0 Å². The van der Waals surface area contributed by atoms with Crippen LogP contribution in [0.15, 0.2) is 24.4 Å². The monoisotopic (exact) mass is 293 g/mol. The highest BCUT2D eigenvalue weighted by Gasteiger charge is 2.30. The van der Waals surface area contributed by atoms with Crippen molar-refractivity contribution in [3.63, 3.8) is 0 Å². The summed E-state index contributed by atoms with van der Waals surface area (Å²) in [5, 5.41) is 4.45. The van der Waals surface area contributed by atoms with Gasteiger partial charge in [-0.3, -0.25) is 9.69 Å². The predicted octanol–water partition coefficient (Wildman–Crippen LogP) is 2.34. The van der Waals surface area contributed by atoms with Gasteiger partial charge in [-0.1, -0.05) is 0 Å². The third-order valence-electron chi connectivity index (χ3n) is 3.18. The number of carbonyl (C=O) groups is 1. The van der Waals surface area contributed by atoms with Gasteiger partial charge >= 0.3 is 0 Å². The fourth-order valence-corrected chi connectivity index (χ4v) is 3.50. The summed E-state index contributed by atoms with van der Waals surface area (Å²) < 4.78 is 1.88. The lowest BCUT2D eigenvalue weighted by Crippen LogP contribution is -2.27. The molecule has 1 amide bonds. The number of carbonyl (C=O) groups excluding carboxylic acids is 1. The van der Waals surface area contributed by atoms with Gasteiger partial charge in [0.05, 0.1) is 12.7 Å². The van der Waals surface area contributed by atoms with Gasteiger partial charge in [-0.25, -0.2) is 4.68 Å². The number of thiophene rings is 1. The molecule has 1 saturated heterocycles. The molecule has 1 atom stereocenters. The quantitative estimate of drug-likeness (QED) is 0.882. The van der Waals surface area contributed by atoms with Crippen LogP contribution >= 0.6 is 24.0 Å². The Hall–Kier alpha value is -1.27. The Morgan fingerprint density at radius 3 is 2.95 bits per heavy atom. The van der Waals surface area contributed by atoms with E-state index in [0.717, 1.165) is 5.82 Å². The number of hydrogen-bond donors (Lipinski definition) is 1. The third kappa shape index (κ3) is 2.55. The first-order chi connectivity index (χ1) is 9.13. The Bertz CT molecular complexity index is 605. The van der Waals surface area contributed by atoms with Gasteiger partial charge in [-0.05, 0) is 19.1 Å². The van der Waals surface area contributed by atoms with E-state index >= 15 is 0 Å². The normalized spacial score (nSPS) is 19.4. The second-order valence-corrected chi connectivity index (χ2v) is 6.82.